The number of aryl methyl sites for hydroxylation is 1. The fourth-order valence-corrected chi connectivity index (χ4v) is 2.32. The van der Waals surface area contributed by atoms with Crippen LogP contribution in [0.5, 0.6) is 0 Å². The second-order valence-electron chi connectivity index (χ2n) is 4.77. The van der Waals surface area contributed by atoms with Crippen LogP contribution >= 0.6 is 0 Å². The molecule has 1 heterocycles. The Hall–Kier alpha value is -1.79. The molecule has 6 heteroatoms. The van der Waals surface area contributed by atoms with Crippen molar-refractivity contribution in [1.29, 1.82) is 0 Å². The quantitative estimate of drug-likeness (QED) is 0.655. The lowest BCUT2D eigenvalue weighted by molar-refractivity contribution is -0.137. The van der Waals surface area contributed by atoms with Crippen molar-refractivity contribution >= 4 is 0 Å². The summed E-state index contributed by atoms with van der Waals surface area (Å²) < 4.78 is 43.5. The summed E-state index contributed by atoms with van der Waals surface area (Å²) in [4.78, 5) is 0. The summed E-state index contributed by atoms with van der Waals surface area (Å²) in [7, 11) is 0. The number of rotatable bonds is 5. The van der Waals surface area contributed by atoms with Crippen molar-refractivity contribution in [3.8, 4) is 0 Å². The maximum atomic E-state index is 12.7. The van der Waals surface area contributed by atoms with E-state index in [1.165, 1.54) is 6.07 Å². The molecule has 0 spiro atoms. The molecule has 1 aromatic carbocycles. The molecule has 114 valence electrons. The minimum absolute atomic E-state index is 0.290. The summed E-state index contributed by atoms with van der Waals surface area (Å²) in [5, 5.41) is 0. The van der Waals surface area contributed by atoms with Crippen molar-refractivity contribution in [1.82, 2.24) is 5.43 Å². The number of hydrogen-bond donors (Lipinski definition) is 2. The fourth-order valence-electron chi connectivity index (χ4n) is 2.32. The van der Waals surface area contributed by atoms with Gasteiger partial charge in [-0.15, -0.1) is 0 Å². The van der Waals surface area contributed by atoms with Gasteiger partial charge in [0.2, 0.25) is 0 Å². The van der Waals surface area contributed by atoms with Gasteiger partial charge in [-0.25, -0.2) is 0 Å². The molecule has 3 nitrogen and oxygen atoms in total. The van der Waals surface area contributed by atoms with E-state index in [0.717, 1.165) is 23.5 Å². The number of furan rings is 1. The third-order valence-corrected chi connectivity index (χ3v) is 3.37. The second kappa shape index (κ2) is 6.32. The van der Waals surface area contributed by atoms with Gasteiger partial charge in [0.15, 0.2) is 0 Å². The van der Waals surface area contributed by atoms with E-state index in [2.05, 4.69) is 5.43 Å². The fraction of sp³-hybridized carbons (Fsp3) is 0.333. The molecule has 0 bridgehead atoms. The molecule has 0 amide bonds. The first-order valence-corrected chi connectivity index (χ1v) is 6.64. The first kappa shape index (κ1) is 15.6. The first-order chi connectivity index (χ1) is 9.95. The third kappa shape index (κ3) is 3.65. The topological polar surface area (TPSA) is 51.2 Å². The van der Waals surface area contributed by atoms with Crippen molar-refractivity contribution in [2.45, 2.75) is 32.0 Å². The van der Waals surface area contributed by atoms with Gasteiger partial charge in [0.25, 0.3) is 0 Å². The van der Waals surface area contributed by atoms with Crippen molar-refractivity contribution in [3.05, 3.63) is 59.0 Å². The molecule has 0 aliphatic heterocycles. The zero-order chi connectivity index (χ0) is 15.5. The maximum absolute atomic E-state index is 12.7. The molecule has 0 saturated heterocycles. The Morgan fingerprint density at radius 3 is 2.67 bits per heavy atom. The number of nitrogens with two attached hydrogens (primary N) is 1. The molecular weight excluding hydrogens is 281 g/mol. The van der Waals surface area contributed by atoms with Gasteiger partial charge in [0.1, 0.15) is 5.76 Å². The van der Waals surface area contributed by atoms with Crippen LogP contribution in [0.25, 0.3) is 0 Å². The van der Waals surface area contributed by atoms with Gasteiger partial charge in [-0.2, -0.15) is 13.2 Å². The van der Waals surface area contributed by atoms with E-state index < -0.39 is 11.7 Å². The van der Waals surface area contributed by atoms with Crippen LogP contribution in [0.3, 0.4) is 0 Å². The lowest BCUT2D eigenvalue weighted by atomic mass is 9.98. The highest BCUT2D eigenvalue weighted by Gasteiger charge is 2.30. The Balaban J connectivity index is 2.23. The molecule has 21 heavy (non-hydrogen) atoms. The predicted octanol–water partition coefficient (Wildman–Crippen LogP) is 3.61. The van der Waals surface area contributed by atoms with Crippen molar-refractivity contribution in [2.24, 2.45) is 5.84 Å². The van der Waals surface area contributed by atoms with Crippen LogP contribution < -0.4 is 11.3 Å². The van der Waals surface area contributed by atoms with Crippen LogP contribution in [0.15, 0.2) is 41.0 Å². The van der Waals surface area contributed by atoms with Crippen LogP contribution in [0.1, 0.15) is 35.4 Å². The minimum Gasteiger partial charge on any atom is -0.469 e. The summed E-state index contributed by atoms with van der Waals surface area (Å²) in [6.45, 7) is 1.94. The largest absolute Gasteiger partial charge is 0.469 e. The molecule has 0 radical (unpaired) electrons. The van der Waals surface area contributed by atoms with E-state index in [9.17, 15) is 13.2 Å². The van der Waals surface area contributed by atoms with E-state index in [1.54, 1.807) is 18.4 Å². The average molecular weight is 298 g/mol. The Kier molecular flexibility index (Phi) is 4.69. The zero-order valence-corrected chi connectivity index (χ0v) is 11.6. The van der Waals surface area contributed by atoms with Gasteiger partial charge in [-0.1, -0.05) is 25.1 Å². The van der Waals surface area contributed by atoms with Gasteiger partial charge >= 0.3 is 6.18 Å². The minimum atomic E-state index is -4.34. The first-order valence-electron chi connectivity index (χ1n) is 6.64. The van der Waals surface area contributed by atoms with Gasteiger partial charge in [0.05, 0.1) is 17.9 Å². The number of nitrogens with one attached hydrogen (secondary N) is 1. The molecule has 0 aliphatic carbocycles. The second-order valence-corrected chi connectivity index (χ2v) is 4.77. The lowest BCUT2D eigenvalue weighted by Crippen LogP contribution is -2.30. The van der Waals surface area contributed by atoms with Crippen molar-refractivity contribution in [3.63, 3.8) is 0 Å². The lowest BCUT2D eigenvalue weighted by Gasteiger charge is -2.17. The Morgan fingerprint density at radius 1 is 1.29 bits per heavy atom. The van der Waals surface area contributed by atoms with Crippen LogP contribution in [0.2, 0.25) is 0 Å². The summed E-state index contributed by atoms with van der Waals surface area (Å²) in [5.41, 5.74) is 3.43. The number of benzene rings is 1. The van der Waals surface area contributed by atoms with E-state index >= 15 is 0 Å². The standard InChI is InChI=1S/C15H17F3N2O/c1-2-14-12(6-7-21-14)13(20-19)9-10-4-3-5-11(8-10)15(16,17)18/h3-8,13,20H,2,9,19H2,1H3. The summed E-state index contributed by atoms with van der Waals surface area (Å²) >= 11 is 0. The summed E-state index contributed by atoms with van der Waals surface area (Å²) in [6, 6.07) is 6.77. The number of halogens is 3. The van der Waals surface area contributed by atoms with E-state index in [0.29, 0.717) is 18.4 Å². The highest BCUT2D eigenvalue weighted by atomic mass is 19.4. The number of hydrogen-bond acceptors (Lipinski definition) is 3. The number of alkyl halides is 3. The summed E-state index contributed by atoms with van der Waals surface area (Å²) in [5.74, 6) is 6.33. The van der Waals surface area contributed by atoms with Gasteiger partial charge in [-0.3, -0.25) is 11.3 Å². The molecule has 0 saturated carbocycles. The van der Waals surface area contributed by atoms with Gasteiger partial charge in [-0.05, 0) is 24.1 Å². The number of hydrazine groups is 1. The molecule has 1 atom stereocenters. The molecule has 2 rings (SSSR count). The Morgan fingerprint density at radius 2 is 2.05 bits per heavy atom. The van der Waals surface area contributed by atoms with Gasteiger partial charge in [0, 0.05) is 12.0 Å². The Bertz CT molecular complexity index is 593. The van der Waals surface area contributed by atoms with Crippen LogP contribution in [-0.2, 0) is 19.0 Å². The zero-order valence-electron chi connectivity index (χ0n) is 11.6. The van der Waals surface area contributed by atoms with Crippen LogP contribution in [0.4, 0.5) is 13.2 Å². The normalized spacial score (nSPS) is 13.4. The smallest absolute Gasteiger partial charge is 0.416 e. The monoisotopic (exact) mass is 298 g/mol. The highest BCUT2D eigenvalue weighted by molar-refractivity contribution is 5.29. The van der Waals surface area contributed by atoms with E-state index in [1.807, 2.05) is 6.92 Å². The molecule has 2 aromatic rings. The molecule has 3 N–H and O–H groups in total. The molecule has 1 unspecified atom stereocenters. The average Bonchev–Trinajstić information content (AvgIpc) is 2.92. The van der Waals surface area contributed by atoms with E-state index in [-0.39, 0.29) is 6.04 Å². The molecule has 0 fully saturated rings. The predicted molar refractivity (Wildman–Crippen MR) is 73.3 cm³/mol. The summed E-state index contributed by atoms with van der Waals surface area (Å²) in [6.07, 6.45) is -1.73. The van der Waals surface area contributed by atoms with Gasteiger partial charge < -0.3 is 4.42 Å². The molecule has 1 aromatic heterocycles. The Labute approximate surface area is 120 Å². The molecular formula is C15H17F3N2O. The maximum Gasteiger partial charge on any atom is 0.416 e. The van der Waals surface area contributed by atoms with Crippen LogP contribution in [0, 0.1) is 0 Å². The highest BCUT2D eigenvalue weighted by Crippen LogP contribution is 2.31. The van der Waals surface area contributed by atoms with Crippen molar-refractivity contribution < 1.29 is 17.6 Å². The van der Waals surface area contributed by atoms with E-state index in [4.69, 9.17) is 10.3 Å². The van der Waals surface area contributed by atoms with Crippen LogP contribution in [-0.4, -0.2) is 0 Å². The van der Waals surface area contributed by atoms with Crippen molar-refractivity contribution in [2.75, 3.05) is 0 Å². The third-order valence-electron chi connectivity index (χ3n) is 3.37. The molecule has 0 aliphatic rings. The SMILES string of the molecule is CCc1occc1C(Cc1cccc(C(F)(F)F)c1)NN.